The van der Waals surface area contributed by atoms with E-state index in [0.29, 0.717) is 30.5 Å². The van der Waals surface area contributed by atoms with Gasteiger partial charge in [-0.3, -0.25) is 9.89 Å². The minimum atomic E-state index is -0.314. The number of aryl methyl sites for hydroxylation is 1. The molecule has 3 aromatic rings. The molecule has 5 rings (SSSR count). The van der Waals surface area contributed by atoms with E-state index < -0.39 is 0 Å². The van der Waals surface area contributed by atoms with Crippen molar-refractivity contribution in [2.45, 2.75) is 51.4 Å². The van der Waals surface area contributed by atoms with Gasteiger partial charge in [-0.2, -0.15) is 5.10 Å². The molecule has 2 fully saturated rings. The highest BCUT2D eigenvalue weighted by Gasteiger charge is 2.29. The summed E-state index contributed by atoms with van der Waals surface area (Å²) in [7, 11) is 0. The van der Waals surface area contributed by atoms with Crippen molar-refractivity contribution in [2.75, 3.05) is 18.4 Å². The molecule has 2 N–H and O–H groups in total. The molecule has 1 aromatic carbocycles. The summed E-state index contributed by atoms with van der Waals surface area (Å²) in [6, 6.07) is 10.5. The molecule has 33 heavy (non-hydrogen) atoms. The van der Waals surface area contributed by atoms with Gasteiger partial charge in [-0.1, -0.05) is 18.2 Å². The van der Waals surface area contributed by atoms with Crippen LogP contribution < -0.4 is 5.32 Å². The monoisotopic (exact) mass is 448 g/mol. The number of halogens is 1. The average molecular weight is 449 g/mol. The molecule has 3 heterocycles. The molecule has 7 nitrogen and oxygen atoms in total. The number of aromatic nitrogens is 4. The number of H-pyrrole nitrogens is 1. The summed E-state index contributed by atoms with van der Waals surface area (Å²) < 4.78 is 13.9. The second-order valence-corrected chi connectivity index (χ2v) is 9.23. The van der Waals surface area contributed by atoms with Crippen molar-refractivity contribution in [3.05, 3.63) is 65.0 Å². The van der Waals surface area contributed by atoms with Crippen LogP contribution in [-0.2, 0) is 17.6 Å². The predicted octanol–water partition coefficient (Wildman–Crippen LogP) is 4.29. The zero-order valence-corrected chi connectivity index (χ0v) is 18.9. The Kier molecular flexibility index (Phi) is 6.07. The smallest absolute Gasteiger partial charge is 0.227 e. The van der Waals surface area contributed by atoms with E-state index in [9.17, 15) is 9.18 Å². The number of nitrogens with zero attached hydrogens (tertiary/aromatic N) is 4. The van der Waals surface area contributed by atoms with E-state index in [1.165, 1.54) is 6.07 Å². The number of carbonyl (C=O) groups excluding carboxylic acids is 1. The minimum Gasteiger partial charge on any atom is -0.342 e. The molecule has 1 saturated carbocycles. The Morgan fingerprint density at radius 1 is 1.12 bits per heavy atom. The molecule has 0 unspecified atom stereocenters. The first-order valence-corrected chi connectivity index (χ1v) is 11.7. The van der Waals surface area contributed by atoms with Crippen molar-refractivity contribution < 1.29 is 9.18 Å². The third-order valence-electron chi connectivity index (χ3n) is 6.47. The summed E-state index contributed by atoms with van der Waals surface area (Å²) in [5, 5.41) is 10.5. The molecule has 0 spiro atoms. The molecule has 0 atom stereocenters. The Balaban J connectivity index is 1.20. The molecule has 8 heteroatoms. The van der Waals surface area contributed by atoms with Crippen LogP contribution in [0, 0.1) is 18.7 Å². The van der Waals surface area contributed by atoms with Crippen molar-refractivity contribution >= 4 is 17.5 Å². The van der Waals surface area contributed by atoms with Gasteiger partial charge >= 0.3 is 0 Å². The van der Waals surface area contributed by atoms with Gasteiger partial charge in [-0.15, -0.1) is 0 Å². The number of hydrogen-bond acceptors (Lipinski definition) is 5. The minimum absolute atomic E-state index is 0.00242. The van der Waals surface area contributed by atoms with Crippen molar-refractivity contribution in [1.29, 1.82) is 0 Å². The molecule has 172 valence electrons. The highest BCUT2D eigenvalue weighted by molar-refractivity contribution is 5.78. The molecule has 2 aliphatic rings. The fraction of sp³-hybridized carbons (Fsp3) is 0.440. The molecular formula is C25H29FN6O. The second-order valence-electron chi connectivity index (χ2n) is 9.23. The first-order chi connectivity index (χ1) is 16.0. The molecular weight excluding hydrogens is 419 g/mol. The van der Waals surface area contributed by atoms with Gasteiger partial charge in [0.25, 0.3) is 0 Å². The fourth-order valence-corrected chi connectivity index (χ4v) is 4.42. The van der Waals surface area contributed by atoms with Crippen LogP contribution >= 0.6 is 0 Å². The summed E-state index contributed by atoms with van der Waals surface area (Å²) >= 11 is 0. The van der Waals surface area contributed by atoms with E-state index in [1.54, 1.807) is 18.2 Å². The Morgan fingerprint density at radius 3 is 2.61 bits per heavy atom. The summed E-state index contributed by atoms with van der Waals surface area (Å²) in [5.41, 5.74) is 2.49. The van der Waals surface area contributed by atoms with Gasteiger partial charge in [0.2, 0.25) is 5.91 Å². The second kappa shape index (κ2) is 9.29. The molecule has 1 saturated heterocycles. The Labute approximate surface area is 192 Å². The van der Waals surface area contributed by atoms with Crippen LogP contribution in [0.1, 0.15) is 54.4 Å². The van der Waals surface area contributed by atoms with Gasteiger partial charge in [-0.05, 0) is 56.6 Å². The number of rotatable bonds is 7. The van der Waals surface area contributed by atoms with E-state index in [0.717, 1.165) is 61.0 Å². The van der Waals surface area contributed by atoms with Crippen molar-refractivity contribution in [2.24, 2.45) is 5.92 Å². The number of benzene rings is 1. The SMILES string of the molecule is Cc1cc(Nc2cc(CC3CCN(C(=O)Cc4ccccc4F)CC3)nc(C3CC3)n2)n[nH]1. The molecule has 1 aliphatic heterocycles. The largest absolute Gasteiger partial charge is 0.342 e. The van der Waals surface area contributed by atoms with Crippen LogP contribution in [0.2, 0.25) is 0 Å². The topological polar surface area (TPSA) is 86.8 Å². The maximum Gasteiger partial charge on any atom is 0.227 e. The fourth-order valence-electron chi connectivity index (χ4n) is 4.42. The van der Waals surface area contributed by atoms with Crippen LogP contribution in [0.4, 0.5) is 16.0 Å². The quantitative estimate of drug-likeness (QED) is 0.563. The highest BCUT2D eigenvalue weighted by atomic mass is 19.1. The lowest BCUT2D eigenvalue weighted by atomic mass is 9.91. The number of nitrogens with one attached hydrogen (secondary N) is 2. The number of aromatic amines is 1. The van der Waals surface area contributed by atoms with Crippen LogP contribution in [0.3, 0.4) is 0 Å². The maximum atomic E-state index is 13.9. The number of carbonyl (C=O) groups is 1. The van der Waals surface area contributed by atoms with Crippen LogP contribution in [0.5, 0.6) is 0 Å². The van der Waals surface area contributed by atoms with Crippen molar-refractivity contribution in [1.82, 2.24) is 25.1 Å². The average Bonchev–Trinajstić information content (AvgIpc) is 3.58. The van der Waals surface area contributed by atoms with Gasteiger partial charge < -0.3 is 10.2 Å². The molecule has 2 aromatic heterocycles. The Morgan fingerprint density at radius 2 is 1.91 bits per heavy atom. The Bertz CT molecular complexity index is 1130. The number of amides is 1. The summed E-state index contributed by atoms with van der Waals surface area (Å²) in [5.74, 6) is 3.06. The van der Waals surface area contributed by atoms with Crippen LogP contribution in [0.15, 0.2) is 36.4 Å². The Hall–Kier alpha value is -3.29. The molecule has 0 radical (unpaired) electrons. The van der Waals surface area contributed by atoms with E-state index in [4.69, 9.17) is 9.97 Å². The van der Waals surface area contributed by atoms with Crippen LogP contribution in [-0.4, -0.2) is 44.1 Å². The van der Waals surface area contributed by atoms with Gasteiger partial charge in [0.15, 0.2) is 5.82 Å². The zero-order valence-electron chi connectivity index (χ0n) is 18.9. The summed E-state index contributed by atoms with van der Waals surface area (Å²) in [6.45, 7) is 3.37. The van der Waals surface area contributed by atoms with Gasteiger partial charge in [-0.25, -0.2) is 14.4 Å². The van der Waals surface area contributed by atoms with Crippen LogP contribution in [0.25, 0.3) is 0 Å². The molecule has 0 bridgehead atoms. The van der Waals surface area contributed by atoms with Gasteiger partial charge in [0.1, 0.15) is 17.5 Å². The lowest BCUT2D eigenvalue weighted by Crippen LogP contribution is -2.39. The predicted molar refractivity (Wildman–Crippen MR) is 124 cm³/mol. The standard InChI is InChI=1S/C25H29FN6O/c1-16-12-23(31-30-16)28-22-15-20(27-25(29-22)18-6-7-18)13-17-8-10-32(11-9-17)24(33)14-19-4-2-3-5-21(19)26/h2-5,12,15,17-18H,6-11,13-14H2,1H3,(H2,27,28,29,30,31). The summed E-state index contributed by atoms with van der Waals surface area (Å²) in [6.07, 6.45) is 5.13. The normalized spacial score (nSPS) is 16.7. The number of hydrogen-bond donors (Lipinski definition) is 2. The lowest BCUT2D eigenvalue weighted by molar-refractivity contribution is -0.131. The van der Waals surface area contributed by atoms with Crippen molar-refractivity contribution in [3.8, 4) is 0 Å². The highest BCUT2D eigenvalue weighted by Crippen LogP contribution is 2.39. The third kappa shape index (κ3) is 5.38. The van der Waals surface area contributed by atoms with Crippen molar-refractivity contribution in [3.63, 3.8) is 0 Å². The maximum absolute atomic E-state index is 13.9. The van der Waals surface area contributed by atoms with Gasteiger partial charge in [0, 0.05) is 42.5 Å². The molecule has 1 aliphatic carbocycles. The molecule has 1 amide bonds. The zero-order chi connectivity index (χ0) is 22.8. The van der Waals surface area contributed by atoms with E-state index in [1.807, 2.05) is 24.0 Å². The van der Waals surface area contributed by atoms with E-state index in [-0.39, 0.29) is 18.1 Å². The number of piperidine rings is 1. The first kappa shape index (κ1) is 21.6. The van der Waals surface area contributed by atoms with Gasteiger partial charge in [0.05, 0.1) is 6.42 Å². The van der Waals surface area contributed by atoms with E-state index in [2.05, 4.69) is 15.5 Å². The number of anilines is 2. The van der Waals surface area contributed by atoms with E-state index >= 15 is 0 Å². The lowest BCUT2D eigenvalue weighted by Gasteiger charge is -2.32. The summed E-state index contributed by atoms with van der Waals surface area (Å²) in [4.78, 5) is 24.1. The third-order valence-corrected chi connectivity index (χ3v) is 6.47. The number of likely N-dealkylation sites (tertiary alicyclic amines) is 1. The first-order valence-electron chi connectivity index (χ1n) is 11.7.